The van der Waals surface area contributed by atoms with Crippen molar-refractivity contribution in [3.8, 4) is 5.75 Å². The molecule has 2 rings (SSSR count). The van der Waals surface area contributed by atoms with E-state index in [0.29, 0.717) is 5.75 Å². The highest BCUT2D eigenvalue weighted by atomic mass is 19.1. The zero-order valence-corrected chi connectivity index (χ0v) is 9.77. The van der Waals surface area contributed by atoms with Gasteiger partial charge in [-0.15, -0.1) is 0 Å². The van der Waals surface area contributed by atoms with Crippen molar-refractivity contribution in [3.05, 3.63) is 65.2 Å². The standard InChI is InChI=1S/C14H10F2O3/c15-11-4-1-10(13(16)7-11)8-19-12-5-2-9(3-6-12)14(17)18/h1-7H,8H2,(H,17,18). The fraction of sp³-hybridized carbons (Fsp3) is 0.0714. The van der Waals surface area contributed by atoms with Crippen LogP contribution in [0.4, 0.5) is 8.78 Å². The lowest BCUT2D eigenvalue weighted by Gasteiger charge is -2.07. The van der Waals surface area contributed by atoms with Crippen LogP contribution in [0.25, 0.3) is 0 Å². The first kappa shape index (κ1) is 13.0. The summed E-state index contributed by atoms with van der Waals surface area (Å²) in [5.41, 5.74) is 0.365. The first-order valence-electron chi connectivity index (χ1n) is 5.46. The van der Waals surface area contributed by atoms with Gasteiger partial charge in [0, 0.05) is 11.6 Å². The number of ether oxygens (including phenoxy) is 1. The topological polar surface area (TPSA) is 46.5 Å². The van der Waals surface area contributed by atoms with E-state index in [0.717, 1.165) is 12.1 Å². The van der Waals surface area contributed by atoms with Crippen molar-refractivity contribution >= 4 is 5.97 Å². The predicted molar refractivity (Wildman–Crippen MR) is 64.1 cm³/mol. The molecule has 0 amide bonds. The Balaban J connectivity index is 2.04. The van der Waals surface area contributed by atoms with E-state index in [4.69, 9.17) is 9.84 Å². The van der Waals surface area contributed by atoms with Gasteiger partial charge in [0.1, 0.15) is 24.0 Å². The number of benzene rings is 2. The third kappa shape index (κ3) is 3.28. The highest BCUT2D eigenvalue weighted by molar-refractivity contribution is 5.87. The lowest BCUT2D eigenvalue weighted by Crippen LogP contribution is -2.00. The van der Waals surface area contributed by atoms with Gasteiger partial charge in [0.05, 0.1) is 5.56 Å². The van der Waals surface area contributed by atoms with Gasteiger partial charge in [-0.1, -0.05) is 0 Å². The summed E-state index contributed by atoms with van der Waals surface area (Å²) in [4.78, 5) is 10.6. The Morgan fingerprint density at radius 1 is 1.11 bits per heavy atom. The number of aromatic carboxylic acids is 1. The van der Waals surface area contributed by atoms with E-state index in [-0.39, 0.29) is 17.7 Å². The fourth-order valence-corrected chi connectivity index (χ4v) is 1.49. The molecule has 0 unspecified atom stereocenters. The Bertz CT molecular complexity index is 594. The normalized spacial score (nSPS) is 10.2. The minimum absolute atomic E-state index is 0.0570. The lowest BCUT2D eigenvalue weighted by molar-refractivity contribution is 0.0697. The first-order chi connectivity index (χ1) is 9.06. The molecule has 0 aliphatic rings. The van der Waals surface area contributed by atoms with Crippen LogP contribution in [0.3, 0.4) is 0 Å². The fourth-order valence-electron chi connectivity index (χ4n) is 1.49. The maximum absolute atomic E-state index is 13.3. The van der Waals surface area contributed by atoms with Gasteiger partial charge in [-0.3, -0.25) is 0 Å². The van der Waals surface area contributed by atoms with Gasteiger partial charge in [0.15, 0.2) is 0 Å². The minimum Gasteiger partial charge on any atom is -0.489 e. The van der Waals surface area contributed by atoms with Crippen LogP contribution < -0.4 is 4.74 Å². The molecule has 0 atom stereocenters. The van der Waals surface area contributed by atoms with Gasteiger partial charge in [0.25, 0.3) is 0 Å². The summed E-state index contributed by atoms with van der Waals surface area (Å²) in [5.74, 6) is -1.95. The van der Waals surface area contributed by atoms with Gasteiger partial charge < -0.3 is 9.84 Å². The lowest BCUT2D eigenvalue weighted by atomic mass is 10.2. The number of carbonyl (C=O) groups is 1. The van der Waals surface area contributed by atoms with Gasteiger partial charge in [-0.2, -0.15) is 0 Å². The van der Waals surface area contributed by atoms with Crippen molar-refractivity contribution in [2.75, 3.05) is 0 Å². The van der Waals surface area contributed by atoms with E-state index >= 15 is 0 Å². The second-order valence-electron chi connectivity index (χ2n) is 3.85. The van der Waals surface area contributed by atoms with Crippen molar-refractivity contribution in [2.24, 2.45) is 0 Å². The molecule has 0 radical (unpaired) electrons. The molecule has 5 heteroatoms. The van der Waals surface area contributed by atoms with Crippen molar-refractivity contribution in [2.45, 2.75) is 6.61 Å². The Morgan fingerprint density at radius 2 is 1.79 bits per heavy atom. The largest absolute Gasteiger partial charge is 0.489 e. The molecule has 98 valence electrons. The molecule has 1 N–H and O–H groups in total. The van der Waals surface area contributed by atoms with Crippen molar-refractivity contribution in [3.63, 3.8) is 0 Å². The molecule has 0 aliphatic heterocycles. The first-order valence-corrected chi connectivity index (χ1v) is 5.46. The quantitative estimate of drug-likeness (QED) is 0.922. The van der Waals surface area contributed by atoms with E-state index in [1.807, 2.05) is 0 Å². The Morgan fingerprint density at radius 3 is 2.37 bits per heavy atom. The minimum atomic E-state index is -1.03. The highest BCUT2D eigenvalue weighted by Crippen LogP contribution is 2.16. The van der Waals surface area contributed by atoms with Gasteiger partial charge in [0.2, 0.25) is 0 Å². The number of halogens is 2. The number of hydrogen-bond acceptors (Lipinski definition) is 2. The molecule has 0 fully saturated rings. The van der Waals surface area contributed by atoms with E-state index in [2.05, 4.69) is 0 Å². The maximum atomic E-state index is 13.3. The van der Waals surface area contributed by atoms with Crippen LogP contribution in [0.1, 0.15) is 15.9 Å². The summed E-state index contributed by atoms with van der Waals surface area (Å²) in [7, 11) is 0. The number of carboxylic acids is 1. The molecule has 0 saturated carbocycles. The average Bonchev–Trinajstić information content (AvgIpc) is 2.38. The van der Waals surface area contributed by atoms with Crippen LogP contribution >= 0.6 is 0 Å². The molecule has 0 bridgehead atoms. The van der Waals surface area contributed by atoms with E-state index in [1.54, 1.807) is 0 Å². The summed E-state index contributed by atoms with van der Waals surface area (Å²) in [6.45, 7) is -0.0570. The molecule has 0 aromatic heterocycles. The Hall–Kier alpha value is -2.43. The summed E-state index contributed by atoms with van der Waals surface area (Å²) < 4.78 is 31.3. The van der Waals surface area contributed by atoms with Gasteiger partial charge in [-0.05, 0) is 36.4 Å². The molecule has 0 aliphatic carbocycles. The van der Waals surface area contributed by atoms with Crippen LogP contribution in [-0.4, -0.2) is 11.1 Å². The zero-order chi connectivity index (χ0) is 13.8. The zero-order valence-electron chi connectivity index (χ0n) is 9.77. The van der Waals surface area contributed by atoms with E-state index in [9.17, 15) is 13.6 Å². The van der Waals surface area contributed by atoms with Crippen LogP contribution in [-0.2, 0) is 6.61 Å². The molecule has 2 aromatic carbocycles. The third-order valence-electron chi connectivity index (χ3n) is 2.51. The molecular weight excluding hydrogens is 254 g/mol. The van der Waals surface area contributed by atoms with Crippen LogP contribution in [0.15, 0.2) is 42.5 Å². The molecule has 0 heterocycles. The summed E-state index contributed by atoms with van der Waals surface area (Å²) in [6.07, 6.45) is 0. The van der Waals surface area contributed by atoms with Crippen LogP contribution in [0, 0.1) is 11.6 Å². The van der Waals surface area contributed by atoms with Gasteiger partial charge in [-0.25, -0.2) is 13.6 Å². The molecule has 2 aromatic rings. The monoisotopic (exact) mass is 264 g/mol. The van der Waals surface area contributed by atoms with Crippen molar-refractivity contribution < 1.29 is 23.4 Å². The molecular formula is C14H10F2O3. The van der Waals surface area contributed by atoms with Crippen molar-refractivity contribution in [1.82, 2.24) is 0 Å². The SMILES string of the molecule is O=C(O)c1ccc(OCc2ccc(F)cc2F)cc1. The van der Waals surface area contributed by atoms with Crippen LogP contribution in [0.2, 0.25) is 0 Å². The summed E-state index contributed by atoms with van der Waals surface area (Å²) in [5, 5.41) is 8.72. The smallest absolute Gasteiger partial charge is 0.335 e. The average molecular weight is 264 g/mol. The second-order valence-corrected chi connectivity index (χ2v) is 3.85. The highest BCUT2D eigenvalue weighted by Gasteiger charge is 2.06. The van der Waals surface area contributed by atoms with E-state index in [1.165, 1.54) is 30.3 Å². The van der Waals surface area contributed by atoms with Gasteiger partial charge >= 0.3 is 5.97 Å². The maximum Gasteiger partial charge on any atom is 0.335 e. The summed E-state index contributed by atoms with van der Waals surface area (Å²) >= 11 is 0. The number of hydrogen-bond donors (Lipinski definition) is 1. The van der Waals surface area contributed by atoms with Crippen molar-refractivity contribution in [1.29, 1.82) is 0 Å². The molecule has 19 heavy (non-hydrogen) atoms. The third-order valence-corrected chi connectivity index (χ3v) is 2.51. The Labute approximate surface area is 108 Å². The second kappa shape index (κ2) is 5.48. The van der Waals surface area contributed by atoms with Crippen LogP contribution in [0.5, 0.6) is 5.75 Å². The Kier molecular flexibility index (Phi) is 3.75. The number of carboxylic acid groups (broad SMARTS) is 1. The van der Waals surface area contributed by atoms with E-state index < -0.39 is 17.6 Å². The predicted octanol–water partition coefficient (Wildman–Crippen LogP) is 3.24. The molecule has 0 saturated heterocycles. The number of rotatable bonds is 4. The summed E-state index contributed by atoms with van der Waals surface area (Å²) in [6, 6.07) is 8.96. The molecule has 0 spiro atoms. The molecule has 3 nitrogen and oxygen atoms in total.